The molecule has 0 saturated carbocycles. The third kappa shape index (κ3) is 2.52. The summed E-state index contributed by atoms with van der Waals surface area (Å²) >= 11 is 7.63. The molecule has 1 aromatic carbocycles. The van der Waals surface area contributed by atoms with Crippen LogP contribution in [0.2, 0.25) is 5.02 Å². The van der Waals surface area contributed by atoms with Crippen molar-refractivity contribution in [1.29, 1.82) is 0 Å². The summed E-state index contributed by atoms with van der Waals surface area (Å²) < 4.78 is 0. The van der Waals surface area contributed by atoms with Crippen LogP contribution in [-0.2, 0) is 5.75 Å². The summed E-state index contributed by atoms with van der Waals surface area (Å²) in [6.07, 6.45) is 0. The van der Waals surface area contributed by atoms with E-state index in [-0.39, 0.29) is 0 Å². The first-order valence-corrected chi connectivity index (χ1v) is 6.69. The fraction of sp³-hybridized carbons (Fsp3) is 0.167. The molecular formula is C12H13ClN4S. The van der Waals surface area contributed by atoms with E-state index in [1.807, 2.05) is 31.2 Å². The van der Waals surface area contributed by atoms with Gasteiger partial charge in [-0.2, -0.15) is 5.10 Å². The Hall–Kier alpha value is -1.46. The van der Waals surface area contributed by atoms with E-state index in [0.29, 0.717) is 15.9 Å². The molecule has 1 aromatic heterocycles. The van der Waals surface area contributed by atoms with Crippen molar-refractivity contribution in [3.05, 3.63) is 40.5 Å². The first-order chi connectivity index (χ1) is 8.63. The van der Waals surface area contributed by atoms with Gasteiger partial charge in [0.15, 0.2) is 5.17 Å². The summed E-state index contributed by atoms with van der Waals surface area (Å²) in [6.45, 7) is 1.99. The SMILES string of the molecule is Cc1c(Cl)c(CSC(N)=NN)nc2ccccc12. The Morgan fingerprint density at radius 1 is 1.44 bits per heavy atom. The molecule has 0 aliphatic rings. The van der Waals surface area contributed by atoms with Gasteiger partial charge in [-0.1, -0.05) is 41.6 Å². The zero-order valence-corrected chi connectivity index (χ0v) is 11.4. The topological polar surface area (TPSA) is 77.3 Å². The Morgan fingerprint density at radius 3 is 2.89 bits per heavy atom. The average Bonchev–Trinajstić information content (AvgIpc) is 2.41. The number of fused-ring (bicyclic) bond motifs is 1. The number of aryl methyl sites for hydroxylation is 1. The molecule has 6 heteroatoms. The van der Waals surface area contributed by atoms with Crippen LogP contribution in [0, 0.1) is 6.92 Å². The summed E-state index contributed by atoms with van der Waals surface area (Å²) in [5.74, 6) is 5.64. The van der Waals surface area contributed by atoms with Gasteiger partial charge in [-0.15, -0.1) is 0 Å². The summed E-state index contributed by atoms with van der Waals surface area (Å²) in [5, 5.41) is 5.46. The number of hydrogen-bond donors (Lipinski definition) is 2. The van der Waals surface area contributed by atoms with Gasteiger partial charge >= 0.3 is 0 Å². The predicted molar refractivity (Wildman–Crippen MR) is 78.6 cm³/mol. The van der Waals surface area contributed by atoms with E-state index >= 15 is 0 Å². The Kier molecular flexibility index (Phi) is 3.93. The number of hydrogen-bond acceptors (Lipinski definition) is 4. The van der Waals surface area contributed by atoms with E-state index in [4.69, 9.17) is 23.2 Å². The number of thioether (sulfide) groups is 1. The maximum atomic E-state index is 6.31. The largest absolute Gasteiger partial charge is 0.377 e. The predicted octanol–water partition coefficient (Wildman–Crippen LogP) is 2.62. The van der Waals surface area contributed by atoms with Gasteiger partial charge in [-0.25, -0.2) is 0 Å². The number of nitrogens with zero attached hydrogens (tertiary/aromatic N) is 2. The summed E-state index contributed by atoms with van der Waals surface area (Å²) in [5.41, 5.74) is 8.29. The minimum absolute atomic E-state index is 0.318. The van der Waals surface area contributed by atoms with Gasteiger partial charge in [-0.3, -0.25) is 4.98 Å². The molecule has 2 aromatic rings. The van der Waals surface area contributed by atoms with Crippen molar-refractivity contribution in [2.45, 2.75) is 12.7 Å². The first-order valence-electron chi connectivity index (χ1n) is 5.33. The Bertz CT molecular complexity index is 612. The summed E-state index contributed by atoms with van der Waals surface area (Å²) in [7, 11) is 0. The molecule has 0 amide bonds. The highest BCUT2D eigenvalue weighted by molar-refractivity contribution is 8.13. The highest BCUT2D eigenvalue weighted by atomic mass is 35.5. The van der Waals surface area contributed by atoms with Crippen LogP contribution in [0.25, 0.3) is 10.9 Å². The molecule has 0 atom stereocenters. The van der Waals surface area contributed by atoms with Gasteiger partial charge in [0.2, 0.25) is 0 Å². The van der Waals surface area contributed by atoms with E-state index in [1.165, 1.54) is 11.8 Å². The van der Waals surface area contributed by atoms with Crippen molar-refractivity contribution >= 4 is 39.4 Å². The van der Waals surface area contributed by atoms with Crippen LogP contribution >= 0.6 is 23.4 Å². The van der Waals surface area contributed by atoms with Gasteiger partial charge in [0.1, 0.15) is 0 Å². The molecule has 4 nitrogen and oxygen atoms in total. The smallest absolute Gasteiger partial charge is 0.177 e. The Balaban J connectivity index is 2.42. The lowest BCUT2D eigenvalue weighted by Gasteiger charge is -2.09. The first kappa shape index (κ1) is 13.0. The van der Waals surface area contributed by atoms with Crippen LogP contribution in [-0.4, -0.2) is 10.2 Å². The molecule has 1 heterocycles. The monoisotopic (exact) mass is 280 g/mol. The number of hydrazone groups is 1. The number of amidine groups is 1. The third-order valence-electron chi connectivity index (χ3n) is 2.63. The minimum Gasteiger partial charge on any atom is -0.377 e. The van der Waals surface area contributed by atoms with Crippen LogP contribution in [0.5, 0.6) is 0 Å². The molecule has 0 fully saturated rings. The highest BCUT2D eigenvalue weighted by Gasteiger charge is 2.10. The number of nitrogens with two attached hydrogens (primary N) is 2. The number of benzene rings is 1. The molecule has 18 heavy (non-hydrogen) atoms. The van der Waals surface area contributed by atoms with Crippen molar-refractivity contribution in [2.75, 3.05) is 0 Å². The fourth-order valence-corrected chi connectivity index (χ4v) is 2.55. The normalized spacial score (nSPS) is 12.0. The molecule has 2 rings (SSSR count). The van der Waals surface area contributed by atoms with E-state index in [9.17, 15) is 0 Å². The molecule has 94 valence electrons. The quantitative estimate of drug-likeness (QED) is 0.384. The summed E-state index contributed by atoms with van der Waals surface area (Å²) in [4.78, 5) is 4.54. The molecule has 0 unspecified atom stereocenters. The molecule has 0 bridgehead atoms. The maximum Gasteiger partial charge on any atom is 0.177 e. The minimum atomic E-state index is 0.318. The van der Waals surface area contributed by atoms with Gasteiger partial charge in [0.25, 0.3) is 0 Å². The molecule has 0 saturated heterocycles. The van der Waals surface area contributed by atoms with Crippen LogP contribution in [0.3, 0.4) is 0 Å². The fourth-order valence-electron chi connectivity index (χ4n) is 1.69. The van der Waals surface area contributed by atoms with E-state index < -0.39 is 0 Å². The van der Waals surface area contributed by atoms with Crippen molar-refractivity contribution in [3.8, 4) is 0 Å². The lowest BCUT2D eigenvalue weighted by atomic mass is 10.1. The van der Waals surface area contributed by atoms with Gasteiger partial charge in [-0.05, 0) is 18.6 Å². The molecule has 4 N–H and O–H groups in total. The lowest BCUT2D eigenvalue weighted by Crippen LogP contribution is -2.09. The molecule has 0 radical (unpaired) electrons. The summed E-state index contributed by atoms with van der Waals surface area (Å²) in [6, 6.07) is 7.90. The third-order valence-corrected chi connectivity index (χ3v) is 3.95. The molecule has 0 aliphatic heterocycles. The number of pyridine rings is 1. The highest BCUT2D eigenvalue weighted by Crippen LogP contribution is 2.28. The van der Waals surface area contributed by atoms with E-state index in [0.717, 1.165) is 22.2 Å². The maximum absolute atomic E-state index is 6.31. The van der Waals surface area contributed by atoms with E-state index in [1.54, 1.807) is 0 Å². The second kappa shape index (κ2) is 5.46. The number of halogens is 1. The molecule has 0 aliphatic carbocycles. The van der Waals surface area contributed by atoms with Gasteiger partial charge < -0.3 is 11.6 Å². The van der Waals surface area contributed by atoms with Crippen molar-refractivity contribution in [2.24, 2.45) is 16.7 Å². The van der Waals surface area contributed by atoms with E-state index in [2.05, 4.69) is 10.1 Å². The van der Waals surface area contributed by atoms with Crippen molar-refractivity contribution < 1.29 is 0 Å². The van der Waals surface area contributed by atoms with Crippen molar-refractivity contribution in [1.82, 2.24) is 4.98 Å². The number of para-hydroxylation sites is 1. The molecule has 0 spiro atoms. The zero-order valence-electron chi connectivity index (χ0n) is 9.85. The van der Waals surface area contributed by atoms with Crippen LogP contribution < -0.4 is 11.6 Å². The van der Waals surface area contributed by atoms with Crippen molar-refractivity contribution in [3.63, 3.8) is 0 Å². The van der Waals surface area contributed by atoms with Crippen LogP contribution in [0.15, 0.2) is 29.4 Å². The Labute approximate surface area is 114 Å². The van der Waals surface area contributed by atoms with Gasteiger partial charge in [0, 0.05) is 11.1 Å². The second-order valence-electron chi connectivity index (χ2n) is 3.77. The van der Waals surface area contributed by atoms with Crippen LogP contribution in [0.4, 0.5) is 0 Å². The Morgan fingerprint density at radius 2 is 2.17 bits per heavy atom. The number of rotatable bonds is 2. The standard InChI is InChI=1S/C12H13ClN4S/c1-7-8-4-2-3-5-9(8)16-10(11(7)13)6-18-12(14)17-15/h2-5H,6,15H2,1H3,(H2,14,17). The second-order valence-corrected chi connectivity index (χ2v) is 5.14. The zero-order chi connectivity index (χ0) is 13.1. The van der Waals surface area contributed by atoms with Gasteiger partial charge in [0.05, 0.1) is 16.2 Å². The van der Waals surface area contributed by atoms with Crippen LogP contribution in [0.1, 0.15) is 11.3 Å². The average molecular weight is 281 g/mol. The lowest BCUT2D eigenvalue weighted by molar-refractivity contribution is 1.21. The molecular weight excluding hydrogens is 268 g/mol. The number of aromatic nitrogens is 1.